The fourth-order valence-corrected chi connectivity index (χ4v) is 3.83. The van der Waals surface area contributed by atoms with Gasteiger partial charge in [-0.25, -0.2) is 13.1 Å². The molecule has 0 spiro atoms. The molecule has 1 aromatic heterocycles. The molecule has 0 aliphatic carbocycles. The van der Waals surface area contributed by atoms with Crippen molar-refractivity contribution in [1.29, 1.82) is 0 Å². The van der Waals surface area contributed by atoms with Crippen LogP contribution in [0.3, 0.4) is 0 Å². The van der Waals surface area contributed by atoms with E-state index in [4.69, 9.17) is 11.6 Å². The molecule has 0 saturated carbocycles. The van der Waals surface area contributed by atoms with Gasteiger partial charge in [-0.2, -0.15) is 0 Å². The van der Waals surface area contributed by atoms with Gasteiger partial charge in [-0.15, -0.1) is 24.0 Å². The Morgan fingerprint density at radius 1 is 1.29 bits per heavy atom. The maximum Gasteiger partial charge on any atom is 0.240 e. The molecule has 0 aliphatic heterocycles. The van der Waals surface area contributed by atoms with Gasteiger partial charge in [0, 0.05) is 44.1 Å². The van der Waals surface area contributed by atoms with Gasteiger partial charge < -0.3 is 14.8 Å². The van der Waals surface area contributed by atoms with Crippen LogP contribution in [0.15, 0.2) is 52.5 Å². The molecule has 156 valence electrons. The van der Waals surface area contributed by atoms with E-state index in [0.717, 1.165) is 18.2 Å². The van der Waals surface area contributed by atoms with Crippen molar-refractivity contribution in [3.05, 3.63) is 53.3 Å². The Bertz CT molecular complexity index is 886. The van der Waals surface area contributed by atoms with Crippen molar-refractivity contribution >= 4 is 51.6 Å². The van der Waals surface area contributed by atoms with Gasteiger partial charge in [0.05, 0.1) is 18.0 Å². The Kier molecular flexibility index (Phi) is 10.3. The molecule has 1 aromatic carbocycles. The molecular weight excluding hydrogens is 513 g/mol. The SMILES string of the molecule is CCNC(=NCCNS(=O)(=O)c1cccc(Cl)c1)N(C)Cc1cccn1C.I. The Morgan fingerprint density at radius 3 is 2.64 bits per heavy atom. The highest BCUT2D eigenvalue weighted by Gasteiger charge is 2.13. The lowest BCUT2D eigenvalue weighted by Crippen LogP contribution is -2.39. The summed E-state index contributed by atoms with van der Waals surface area (Å²) >= 11 is 5.86. The van der Waals surface area contributed by atoms with Crippen LogP contribution in [0.25, 0.3) is 0 Å². The van der Waals surface area contributed by atoms with Crippen molar-refractivity contribution < 1.29 is 8.42 Å². The van der Waals surface area contributed by atoms with E-state index in [2.05, 4.69) is 25.7 Å². The molecule has 0 atom stereocenters. The van der Waals surface area contributed by atoms with E-state index in [1.807, 2.05) is 38.2 Å². The summed E-state index contributed by atoms with van der Waals surface area (Å²) in [5, 5.41) is 3.61. The minimum absolute atomic E-state index is 0. The predicted molar refractivity (Wildman–Crippen MR) is 125 cm³/mol. The third-order valence-corrected chi connectivity index (χ3v) is 5.61. The van der Waals surface area contributed by atoms with Gasteiger partial charge >= 0.3 is 0 Å². The van der Waals surface area contributed by atoms with Crippen LogP contribution in [-0.2, 0) is 23.6 Å². The first-order chi connectivity index (χ1) is 12.8. The number of sulfonamides is 1. The molecule has 28 heavy (non-hydrogen) atoms. The van der Waals surface area contributed by atoms with Crippen molar-refractivity contribution in [2.45, 2.75) is 18.4 Å². The number of nitrogens with zero attached hydrogens (tertiary/aromatic N) is 3. The minimum Gasteiger partial charge on any atom is -0.357 e. The van der Waals surface area contributed by atoms with E-state index in [-0.39, 0.29) is 35.4 Å². The number of hydrogen-bond donors (Lipinski definition) is 2. The molecule has 0 saturated heterocycles. The maximum atomic E-state index is 12.3. The molecule has 2 N–H and O–H groups in total. The summed E-state index contributed by atoms with van der Waals surface area (Å²) in [4.78, 5) is 6.66. The average molecular weight is 540 g/mol. The summed E-state index contributed by atoms with van der Waals surface area (Å²) in [6.07, 6.45) is 2.00. The summed E-state index contributed by atoms with van der Waals surface area (Å²) in [5.74, 6) is 0.723. The van der Waals surface area contributed by atoms with Crippen LogP contribution in [0.2, 0.25) is 5.02 Å². The standard InChI is InChI=1S/C18H26ClN5O2S.HI/c1-4-20-18(24(3)14-16-8-6-12-23(16)2)21-10-11-22-27(25,26)17-9-5-7-15(19)13-17;/h5-9,12-13,22H,4,10-11,14H2,1-3H3,(H,20,21);1H. The molecule has 0 fully saturated rings. The van der Waals surface area contributed by atoms with Gasteiger partial charge in [-0.1, -0.05) is 17.7 Å². The molecule has 0 bridgehead atoms. The molecule has 2 rings (SSSR count). The Hall–Kier alpha value is -1.30. The molecule has 0 aliphatic rings. The zero-order valence-electron chi connectivity index (χ0n) is 16.2. The third kappa shape index (κ3) is 7.26. The first kappa shape index (κ1) is 24.7. The zero-order valence-corrected chi connectivity index (χ0v) is 20.1. The monoisotopic (exact) mass is 539 g/mol. The molecule has 0 radical (unpaired) electrons. The van der Waals surface area contributed by atoms with Crippen LogP contribution in [0, 0.1) is 0 Å². The number of aryl methyl sites for hydroxylation is 1. The van der Waals surface area contributed by atoms with Gasteiger partial charge in [-0.05, 0) is 37.3 Å². The highest BCUT2D eigenvalue weighted by atomic mass is 127. The molecule has 2 aromatic rings. The lowest BCUT2D eigenvalue weighted by molar-refractivity contribution is 0.462. The van der Waals surface area contributed by atoms with Crippen LogP contribution < -0.4 is 10.0 Å². The van der Waals surface area contributed by atoms with Gasteiger partial charge in [0.2, 0.25) is 10.0 Å². The van der Waals surface area contributed by atoms with Crippen LogP contribution >= 0.6 is 35.6 Å². The Morgan fingerprint density at radius 2 is 2.04 bits per heavy atom. The van der Waals surface area contributed by atoms with Crippen LogP contribution in [0.5, 0.6) is 0 Å². The van der Waals surface area contributed by atoms with Gasteiger partial charge in [0.1, 0.15) is 0 Å². The van der Waals surface area contributed by atoms with Crippen LogP contribution in [-0.4, -0.2) is 50.5 Å². The van der Waals surface area contributed by atoms with E-state index in [9.17, 15) is 8.42 Å². The smallest absolute Gasteiger partial charge is 0.240 e. The van der Waals surface area contributed by atoms with Crippen molar-refractivity contribution in [3.8, 4) is 0 Å². The van der Waals surface area contributed by atoms with E-state index < -0.39 is 10.0 Å². The Balaban J connectivity index is 0.00000392. The summed E-state index contributed by atoms with van der Waals surface area (Å²) in [5.41, 5.74) is 1.16. The fraction of sp³-hybridized carbons (Fsp3) is 0.389. The van der Waals surface area contributed by atoms with Gasteiger partial charge in [0.15, 0.2) is 5.96 Å². The zero-order chi connectivity index (χ0) is 19.9. The van der Waals surface area contributed by atoms with Gasteiger partial charge in [0.25, 0.3) is 0 Å². The quantitative estimate of drug-likeness (QED) is 0.234. The van der Waals surface area contributed by atoms with Crippen molar-refractivity contribution in [3.63, 3.8) is 0 Å². The number of guanidine groups is 1. The first-order valence-corrected chi connectivity index (χ1v) is 10.5. The van der Waals surface area contributed by atoms with E-state index in [0.29, 0.717) is 18.1 Å². The average Bonchev–Trinajstić information content (AvgIpc) is 3.02. The Labute approximate surface area is 189 Å². The molecule has 0 unspecified atom stereocenters. The topological polar surface area (TPSA) is 78.7 Å². The number of benzene rings is 1. The first-order valence-electron chi connectivity index (χ1n) is 8.68. The lowest BCUT2D eigenvalue weighted by Gasteiger charge is -2.22. The minimum atomic E-state index is -3.60. The number of nitrogens with one attached hydrogen (secondary N) is 2. The largest absolute Gasteiger partial charge is 0.357 e. The summed E-state index contributed by atoms with van der Waals surface area (Å²) in [6, 6.07) is 10.2. The molecule has 1 heterocycles. The van der Waals surface area contributed by atoms with Crippen molar-refractivity contribution in [1.82, 2.24) is 19.5 Å². The lowest BCUT2D eigenvalue weighted by atomic mass is 10.4. The normalized spacial score (nSPS) is 11.8. The fourth-order valence-electron chi connectivity index (χ4n) is 2.51. The van der Waals surface area contributed by atoms with Crippen molar-refractivity contribution in [2.24, 2.45) is 12.0 Å². The van der Waals surface area contributed by atoms with Crippen molar-refractivity contribution in [2.75, 3.05) is 26.7 Å². The molecule has 10 heteroatoms. The molecule has 7 nitrogen and oxygen atoms in total. The van der Waals surface area contributed by atoms with Crippen LogP contribution in [0.1, 0.15) is 12.6 Å². The molecule has 0 amide bonds. The van der Waals surface area contributed by atoms with Crippen LogP contribution in [0.4, 0.5) is 0 Å². The van der Waals surface area contributed by atoms with E-state index in [1.54, 1.807) is 12.1 Å². The number of hydrogen-bond acceptors (Lipinski definition) is 3. The number of aliphatic imine (C=N–C) groups is 1. The second-order valence-corrected chi connectivity index (χ2v) is 8.26. The summed E-state index contributed by atoms with van der Waals surface area (Å²) < 4.78 is 29.2. The van der Waals surface area contributed by atoms with Gasteiger partial charge in [-0.3, -0.25) is 4.99 Å². The van der Waals surface area contributed by atoms with E-state index in [1.165, 1.54) is 12.1 Å². The van der Waals surface area contributed by atoms with E-state index >= 15 is 0 Å². The summed E-state index contributed by atoms with van der Waals surface area (Å²) in [7, 11) is 0.346. The second-order valence-electron chi connectivity index (χ2n) is 6.06. The molecular formula is C18H27ClIN5O2S. The maximum absolute atomic E-state index is 12.3. The highest BCUT2D eigenvalue weighted by molar-refractivity contribution is 14.0. The number of halogens is 2. The highest BCUT2D eigenvalue weighted by Crippen LogP contribution is 2.14. The summed E-state index contributed by atoms with van der Waals surface area (Å²) in [6.45, 7) is 3.93. The number of rotatable bonds is 8. The third-order valence-electron chi connectivity index (χ3n) is 3.92. The number of aromatic nitrogens is 1. The predicted octanol–water partition coefficient (Wildman–Crippen LogP) is 2.67. The second kappa shape index (κ2) is 11.6.